The molecule has 1 fully saturated rings. The van der Waals surface area contributed by atoms with E-state index >= 15 is 0 Å². The average Bonchev–Trinajstić information content (AvgIpc) is 2.74. The Kier molecular flexibility index (Phi) is 8.07. The number of hydrogen-bond donors (Lipinski definition) is 2. The Labute approximate surface area is 178 Å². The zero-order valence-electron chi connectivity index (χ0n) is 17.7. The number of morpholine rings is 1. The van der Waals surface area contributed by atoms with Gasteiger partial charge in [0.2, 0.25) is 5.91 Å². The van der Waals surface area contributed by atoms with Crippen LogP contribution in [0.5, 0.6) is 5.75 Å². The van der Waals surface area contributed by atoms with Crippen molar-refractivity contribution >= 4 is 17.3 Å². The van der Waals surface area contributed by atoms with Gasteiger partial charge in [-0.3, -0.25) is 9.69 Å². The summed E-state index contributed by atoms with van der Waals surface area (Å²) in [6.45, 7) is 5.92. The van der Waals surface area contributed by atoms with Crippen LogP contribution in [0.1, 0.15) is 5.56 Å². The Balaban J connectivity index is 1.40. The number of likely N-dealkylation sites (N-methyl/N-ethyl adjacent to an activating group) is 1. The number of aliphatic hydroxyl groups excluding tert-OH is 1. The molecule has 0 aliphatic carbocycles. The number of benzene rings is 2. The van der Waals surface area contributed by atoms with Crippen LogP contribution in [0.4, 0.5) is 11.4 Å². The molecule has 3 rings (SSSR count). The van der Waals surface area contributed by atoms with Crippen LogP contribution < -0.4 is 15.0 Å². The fourth-order valence-electron chi connectivity index (χ4n) is 3.40. The number of ether oxygens (including phenoxy) is 2. The number of carbonyl (C=O) groups excluding carboxylic acids is 1. The predicted octanol–water partition coefficient (Wildman–Crippen LogP) is 2.14. The first-order valence-electron chi connectivity index (χ1n) is 10.3. The fourth-order valence-corrected chi connectivity index (χ4v) is 3.40. The molecule has 1 atom stereocenters. The van der Waals surface area contributed by atoms with Crippen molar-refractivity contribution in [3.63, 3.8) is 0 Å². The van der Waals surface area contributed by atoms with Gasteiger partial charge in [-0.1, -0.05) is 18.2 Å². The highest BCUT2D eigenvalue weighted by Gasteiger charge is 2.14. The summed E-state index contributed by atoms with van der Waals surface area (Å²) < 4.78 is 11.0. The first-order chi connectivity index (χ1) is 14.5. The van der Waals surface area contributed by atoms with Gasteiger partial charge in [0, 0.05) is 31.0 Å². The number of anilines is 2. The molecule has 0 bridgehead atoms. The minimum Gasteiger partial charge on any atom is -0.491 e. The maximum absolute atomic E-state index is 12.3. The largest absolute Gasteiger partial charge is 0.491 e. The van der Waals surface area contributed by atoms with Gasteiger partial charge in [-0.05, 0) is 49.9 Å². The minimum absolute atomic E-state index is 0.122. The number of hydrogen-bond acceptors (Lipinski definition) is 6. The molecule has 1 aliphatic rings. The maximum atomic E-state index is 12.3. The van der Waals surface area contributed by atoms with Crippen molar-refractivity contribution < 1.29 is 19.4 Å². The number of nitrogens with zero attached hydrogens (tertiary/aromatic N) is 2. The number of aliphatic hydroxyl groups is 1. The summed E-state index contributed by atoms with van der Waals surface area (Å²) in [6.07, 6.45) is -0.685. The van der Waals surface area contributed by atoms with Crippen LogP contribution in [-0.2, 0) is 9.53 Å². The molecule has 0 spiro atoms. The second-order valence-electron chi connectivity index (χ2n) is 7.62. The topological polar surface area (TPSA) is 74.3 Å². The molecule has 1 saturated heterocycles. The highest BCUT2D eigenvalue weighted by Crippen LogP contribution is 2.19. The van der Waals surface area contributed by atoms with Crippen molar-refractivity contribution in [1.29, 1.82) is 0 Å². The second-order valence-corrected chi connectivity index (χ2v) is 7.62. The van der Waals surface area contributed by atoms with Crippen LogP contribution in [0.3, 0.4) is 0 Å². The molecule has 0 saturated carbocycles. The zero-order valence-corrected chi connectivity index (χ0v) is 17.7. The zero-order chi connectivity index (χ0) is 21.3. The molecule has 1 heterocycles. The Bertz CT molecular complexity index is 806. The van der Waals surface area contributed by atoms with Gasteiger partial charge in [0.25, 0.3) is 0 Å². The number of para-hydroxylation sites is 1. The van der Waals surface area contributed by atoms with Crippen molar-refractivity contribution in [3.8, 4) is 5.75 Å². The standard InChI is InChI=1S/C23H31N3O4/c1-18-5-3-4-6-22(18)30-17-21(27)15-25(2)16-23(28)24-19-7-9-20(10-8-19)26-11-13-29-14-12-26/h3-10,21,27H,11-17H2,1-2H3,(H,24,28). The Morgan fingerprint density at radius 1 is 1.20 bits per heavy atom. The smallest absolute Gasteiger partial charge is 0.238 e. The van der Waals surface area contributed by atoms with Gasteiger partial charge in [0.1, 0.15) is 18.5 Å². The van der Waals surface area contributed by atoms with Crippen LogP contribution in [-0.4, -0.2) is 75.1 Å². The molecular weight excluding hydrogens is 382 g/mol. The van der Waals surface area contributed by atoms with Gasteiger partial charge >= 0.3 is 0 Å². The van der Waals surface area contributed by atoms with E-state index in [1.54, 1.807) is 11.9 Å². The summed E-state index contributed by atoms with van der Waals surface area (Å²) in [5, 5.41) is 13.1. The quantitative estimate of drug-likeness (QED) is 0.656. The van der Waals surface area contributed by atoms with Gasteiger partial charge in [-0.25, -0.2) is 0 Å². The molecule has 1 aliphatic heterocycles. The highest BCUT2D eigenvalue weighted by molar-refractivity contribution is 5.92. The summed E-state index contributed by atoms with van der Waals surface area (Å²) in [5.74, 6) is 0.640. The predicted molar refractivity (Wildman–Crippen MR) is 118 cm³/mol. The number of amides is 1. The third-order valence-electron chi connectivity index (χ3n) is 4.99. The molecule has 30 heavy (non-hydrogen) atoms. The first kappa shape index (κ1) is 22.1. The number of carbonyl (C=O) groups is 1. The van der Waals surface area contributed by atoms with E-state index in [1.807, 2.05) is 55.5 Å². The van der Waals surface area contributed by atoms with E-state index in [0.29, 0.717) is 6.54 Å². The van der Waals surface area contributed by atoms with E-state index in [4.69, 9.17) is 9.47 Å². The van der Waals surface area contributed by atoms with Crippen molar-refractivity contribution in [2.24, 2.45) is 0 Å². The van der Waals surface area contributed by atoms with E-state index in [0.717, 1.165) is 49.0 Å². The third-order valence-corrected chi connectivity index (χ3v) is 4.99. The van der Waals surface area contributed by atoms with E-state index in [-0.39, 0.29) is 19.1 Å². The van der Waals surface area contributed by atoms with Crippen molar-refractivity contribution in [3.05, 3.63) is 54.1 Å². The molecule has 0 aromatic heterocycles. The van der Waals surface area contributed by atoms with Gasteiger partial charge in [0.05, 0.1) is 19.8 Å². The van der Waals surface area contributed by atoms with E-state index in [1.165, 1.54) is 0 Å². The monoisotopic (exact) mass is 413 g/mol. The van der Waals surface area contributed by atoms with Crippen LogP contribution in [0, 0.1) is 6.92 Å². The van der Waals surface area contributed by atoms with Gasteiger partial charge < -0.3 is 24.8 Å². The number of rotatable bonds is 9. The van der Waals surface area contributed by atoms with Crippen molar-refractivity contribution in [2.75, 3.05) is 63.3 Å². The lowest BCUT2D eigenvalue weighted by molar-refractivity contribution is -0.117. The number of nitrogens with one attached hydrogen (secondary N) is 1. The Morgan fingerprint density at radius 3 is 2.60 bits per heavy atom. The Hall–Kier alpha value is -2.61. The van der Waals surface area contributed by atoms with E-state index < -0.39 is 6.10 Å². The molecule has 1 amide bonds. The van der Waals surface area contributed by atoms with Crippen molar-refractivity contribution in [2.45, 2.75) is 13.0 Å². The van der Waals surface area contributed by atoms with E-state index in [9.17, 15) is 9.90 Å². The van der Waals surface area contributed by atoms with Crippen LogP contribution in [0.25, 0.3) is 0 Å². The van der Waals surface area contributed by atoms with Crippen LogP contribution in [0.15, 0.2) is 48.5 Å². The number of aryl methyl sites for hydroxylation is 1. The van der Waals surface area contributed by atoms with Gasteiger partial charge in [-0.15, -0.1) is 0 Å². The summed E-state index contributed by atoms with van der Waals surface area (Å²) in [5.41, 5.74) is 2.91. The molecule has 162 valence electrons. The summed E-state index contributed by atoms with van der Waals surface area (Å²) >= 11 is 0. The summed E-state index contributed by atoms with van der Waals surface area (Å²) in [7, 11) is 1.80. The van der Waals surface area contributed by atoms with Crippen molar-refractivity contribution in [1.82, 2.24) is 4.90 Å². The van der Waals surface area contributed by atoms with Crippen LogP contribution in [0.2, 0.25) is 0 Å². The normalized spacial score (nSPS) is 15.1. The van der Waals surface area contributed by atoms with E-state index in [2.05, 4.69) is 10.2 Å². The molecule has 1 unspecified atom stereocenters. The molecule has 2 N–H and O–H groups in total. The molecule has 2 aromatic carbocycles. The van der Waals surface area contributed by atoms with Gasteiger partial charge in [0.15, 0.2) is 0 Å². The fraction of sp³-hybridized carbons (Fsp3) is 0.435. The van der Waals surface area contributed by atoms with Crippen LogP contribution >= 0.6 is 0 Å². The SMILES string of the molecule is Cc1ccccc1OCC(O)CN(C)CC(=O)Nc1ccc(N2CCOCC2)cc1. The minimum atomic E-state index is -0.685. The molecule has 2 aromatic rings. The Morgan fingerprint density at radius 2 is 1.90 bits per heavy atom. The summed E-state index contributed by atoms with van der Waals surface area (Å²) in [6, 6.07) is 15.5. The lowest BCUT2D eigenvalue weighted by Gasteiger charge is -2.29. The third kappa shape index (κ3) is 6.73. The second kappa shape index (κ2) is 11.0. The maximum Gasteiger partial charge on any atom is 0.238 e. The summed E-state index contributed by atoms with van der Waals surface area (Å²) in [4.78, 5) is 16.4. The molecule has 7 heteroatoms. The molecular formula is C23H31N3O4. The highest BCUT2D eigenvalue weighted by atomic mass is 16.5. The lowest BCUT2D eigenvalue weighted by atomic mass is 10.2. The molecule has 7 nitrogen and oxygen atoms in total. The average molecular weight is 414 g/mol. The molecule has 0 radical (unpaired) electrons. The lowest BCUT2D eigenvalue weighted by Crippen LogP contribution is -2.38. The van der Waals surface area contributed by atoms with Gasteiger partial charge in [-0.2, -0.15) is 0 Å². The first-order valence-corrected chi connectivity index (χ1v) is 10.3.